The second-order valence-electron chi connectivity index (χ2n) is 9.93. The molecule has 0 radical (unpaired) electrons. The molecular weight excluding hydrogens is 492 g/mol. The van der Waals surface area contributed by atoms with Crippen LogP contribution in [0.15, 0.2) is 116 Å². The summed E-state index contributed by atoms with van der Waals surface area (Å²) in [5, 5.41) is 0. The maximum atomic E-state index is 11.3. The zero-order chi connectivity index (χ0) is 27.9. The fourth-order valence-electron chi connectivity index (χ4n) is 5.58. The van der Waals surface area contributed by atoms with Crippen LogP contribution in [0.5, 0.6) is 0 Å². The highest BCUT2D eigenvalue weighted by Gasteiger charge is 2.18. The van der Waals surface area contributed by atoms with Gasteiger partial charge in [-0.05, 0) is 65.9 Å². The van der Waals surface area contributed by atoms with Gasteiger partial charge in [-0.1, -0.05) is 86.1 Å². The van der Waals surface area contributed by atoms with E-state index in [9.17, 15) is 4.79 Å². The minimum absolute atomic E-state index is 0.255. The summed E-state index contributed by atoms with van der Waals surface area (Å²) < 4.78 is 4.37. The molecule has 0 aliphatic heterocycles. The standard InChI is InChI=1S/C19H22N2.C16H14N2O/c1-2-8-18-19(15-9-4-3-5-10-15)16(12-13-20)17-11-6-7-14-21(17)18;17-16(19)10-13-14(12-6-2-1-3-7-12)11-18-9-5-4-8-15(13)18/h3-7,9-11,14H,2,8,12-13,20H2,1H3;1-9,11H,10H2,(H2,17,19). The van der Waals surface area contributed by atoms with E-state index in [1.54, 1.807) is 0 Å². The minimum Gasteiger partial charge on any atom is -0.369 e. The maximum Gasteiger partial charge on any atom is 0.221 e. The zero-order valence-corrected chi connectivity index (χ0v) is 23.0. The van der Waals surface area contributed by atoms with Crippen LogP contribution in [-0.2, 0) is 24.1 Å². The summed E-state index contributed by atoms with van der Waals surface area (Å²) in [5.41, 5.74) is 22.2. The second-order valence-corrected chi connectivity index (χ2v) is 9.93. The molecule has 202 valence electrons. The van der Waals surface area contributed by atoms with Crippen molar-refractivity contribution in [1.82, 2.24) is 8.80 Å². The summed E-state index contributed by atoms with van der Waals surface area (Å²) in [7, 11) is 0. The monoisotopic (exact) mass is 528 g/mol. The molecule has 5 heteroatoms. The van der Waals surface area contributed by atoms with E-state index in [0.29, 0.717) is 6.54 Å². The predicted octanol–water partition coefficient (Wildman–Crippen LogP) is 6.69. The van der Waals surface area contributed by atoms with Crippen molar-refractivity contribution in [3.63, 3.8) is 0 Å². The molecule has 0 aliphatic carbocycles. The Balaban J connectivity index is 0.000000162. The fraction of sp³-hybridized carbons (Fsp3) is 0.171. The number of pyridine rings is 2. The number of aryl methyl sites for hydroxylation is 1. The molecule has 0 bridgehead atoms. The summed E-state index contributed by atoms with van der Waals surface area (Å²) in [6.45, 7) is 2.92. The molecule has 0 fully saturated rings. The van der Waals surface area contributed by atoms with Crippen LogP contribution < -0.4 is 11.5 Å². The molecule has 1 amide bonds. The molecule has 0 atom stereocenters. The van der Waals surface area contributed by atoms with Gasteiger partial charge in [0.15, 0.2) is 0 Å². The third kappa shape index (κ3) is 5.56. The zero-order valence-electron chi connectivity index (χ0n) is 23.0. The van der Waals surface area contributed by atoms with Gasteiger partial charge < -0.3 is 20.3 Å². The van der Waals surface area contributed by atoms with Crippen LogP contribution in [0.2, 0.25) is 0 Å². The van der Waals surface area contributed by atoms with E-state index in [1.807, 2.05) is 65.3 Å². The molecule has 0 aliphatic rings. The number of carbonyl (C=O) groups is 1. The topological polar surface area (TPSA) is 77.9 Å². The van der Waals surface area contributed by atoms with E-state index in [-0.39, 0.29) is 12.3 Å². The van der Waals surface area contributed by atoms with Gasteiger partial charge in [-0.25, -0.2) is 0 Å². The van der Waals surface area contributed by atoms with Crippen molar-refractivity contribution >= 4 is 16.9 Å². The first-order valence-corrected chi connectivity index (χ1v) is 13.9. The van der Waals surface area contributed by atoms with Crippen LogP contribution in [0, 0.1) is 0 Å². The Bertz CT molecular complexity index is 1670. The normalized spacial score (nSPS) is 10.9. The van der Waals surface area contributed by atoms with E-state index < -0.39 is 0 Å². The number of aromatic nitrogens is 2. The van der Waals surface area contributed by atoms with Crippen LogP contribution in [-0.4, -0.2) is 21.3 Å². The lowest BCUT2D eigenvalue weighted by Crippen LogP contribution is -2.13. The number of hydrogen-bond donors (Lipinski definition) is 2. The maximum absolute atomic E-state index is 11.3. The number of rotatable bonds is 8. The molecular formula is C35H36N4O. The molecule has 6 aromatic rings. The minimum atomic E-state index is -0.311. The van der Waals surface area contributed by atoms with Gasteiger partial charge in [-0.2, -0.15) is 0 Å². The number of primary amides is 1. The average Bonchev–Trinajstić information content (AvgIpc) is 3.50. The molecule has 4 N–H and O–H groups in total. The van der Waals surface area contributed by atoms with Crippen LogP contribution in [0.4, 0.5) is 0 Å². The number of nitrogens with two attached hydrogens (primary N) is 2. The van der Waals surface area contributed by atoms with Crippen molar-refractivity contribution in [2.45, 2.75) is 32.6 Å². The number of nitrogens with zero attached hydrogens (tertiary/aromatic N) is 2. The van der Waals surface area contributed by atoms with Gasteiger partial charge in [0.2, 0.25) is 5.91 Å². The number of hydrogen-bond acceptors (Lipinski definition) is 2. The molecule has 0 saturated carbocycles. The Morgan fingerprint density at radius 3 is 2.00 bits per heavy atom. The van der Waals surface area contributed by atoms with Gasteiger partial charge in [0, 0.05) is 46.4 Å². The second kappa shape index (κ2) is 12.5. The summed E-state index contributed by atoms with van der Waals surface area (Å²) in [5.74, 6) is -0.311. The highest BCUT2D eigenvalue weighted by molar-refractivity contribution is 5.86. The summed E-state index contributed by atoms with van der Waals surface area (Å²) in [4.78, 5) is 11.3. The van der Waals surface area contributed by atoms with Gasteiger partial charge in [-0.3, -0.25) is 4.79 Å². The number of fused-ring (bicyclic) bond motifs is 2. The van der Waals surface area contributed by atoms with Crippen molar-refractivity contribution in [3.8, 4) is 22.3 Å². The Morgan fingerprint density at radius 2 is 1.35 bits per heavy atom. The Labute approximate surface area is 235 Å². The third-order valence-corrected chi connectivity index (χ3v) is 7.22. The van der Waals surface area contributed by atoms with Crippen molar-refractivity contribution < 1.29 is 4.79 Å². The highest BCUT2D eigenvalue weighted by atomic mass is 16.1. The van der Waals surface area contributed by atoms with Crippen molar-refractivity contribution in [2.75, 3.05) is 6.54 Å². The lowest BCUT2D eigenvalue weighted by atomic mass is 9.97. The fourth-order valence-corrected chi connectivity index (χ4v) is 5.58. The quantitative estimate of drug-likeness (QED) is 0.231. The summed E-state index contributed by atoms with van der Waals surface area (Å²) in [6.07, 6.45) is 9.59. The molecule has 0 saturated heterocycles. The molecule has 6 rings (SSSR count). The first-order valence-electron chi connectivity index (χ1n) is 13.9. The molecule has 2 aromatic carbocycles. The number of benzene rings is 2. The van der Waals surface area contributed by atoms with Crippen LogP contribution >= 0.6 is 0 Å². The molecule has 4 heterocycles. The van der Waals surface area contributed by atoms with Crippen LogP contribution in [0.1, 0.15) is 30.2 Å². The molecule has 0 unspecified atom stereocenters. The lowest BCUT2D eigenvalue weighted by molar-refractivity contribution is -0.117. The van der Waals surface area contributed by atoms with Crippen LogP contribution in [0.25, 0.3) is 33.3 Å². The third-order valence-electron chi connectivity index (χ3n) is 7.22. The summed E-state index contributed by atoms with van der Waals surface area (Å²) in [6, 6.07) is 33.1. The molecule has 5 nitrogen and oxygen atoms in total. The lowest BCUT2D eigenvalue weighted by Gasteiger charge is -2.07. The highest BCUT2D eigenvalue weighted by Crippen LogP contribution is 2.34. The van der Waals surface area contributed by atoms with Gasteiger partial charge in [-0.15, -0.1) is 0 Å². The number of carbonyl (C=O) groups excluding carboxylic acids is 1. The van der Waals surface area contributed by atoms with E-state index in [0.717, 1.165) is 41.5 Å². The van der Waals surface area contributed by atoms with Gasteiger partial charge in [0.1, 0.15) is 0 Å². The van der Waals surface area contributed by atoms with Crippen molar-refractivity contribution in [3.05, 3.63) is 132 Å². The smallest absolute Gasteiger partial charge is 0.221 e. The first kappa shape index (κ1) is 27.0. The molecule has 4 aromatic heterocycles. The van der Waals surface area contributed by atoms with Gasteiger partial charge >= 0.3 is 0 Å². The Kier molecular flexibility index (Phi) is 8.43. The number of amides is 1. The van der Waals surface area contributed by atoms with Crippen molar-refractivity contribution in [1.29, 1.82) is 0 Å². The first-order chi connectivity index (χ1) is 19.6. The van der Waals surface area contributed by atoms with E-state index in [4.69, 9.17) is 11.5 Å². The van der Waals surface area contributed by atoms with E-state index >= 15 is 0 Å². The Morgan fingerprint density at radius 1 is 0.725 bits per heavy atom. The van der Waals surface area contributed by atoms with Crippen molar-refractivity contribution in [2.24, 2.45) is 11.5 Å². The van der Waals surface area contributed by atoms with E-state index in [1.165, 1.54) is 27.9 Å². The SMILES string of the molecule is CCCc1c(-c2ccccc2)c(CCN)c2ccccn12.NC(=O)Cc1c(-c2ccccc2)cn2ccccc12. The van der Waals surface area contributed by atoms with Gasteiger partial charge in [0.05, 0.1) is 6.42 Å². The largest absolute Gasteiger partial charge is 0.369 e. The van der Waals surface area contributed by atoms with Crippen LogP contribution in [0.3, 0.4) is 0 Å². The molecule has 0 spiro atoms. The average molecular weight is 529 g/mol. The summed E-state index contributed by atoms with van der Waals surface area (Å²) >= 11 is 0. The predicted molar refractivity (Wildman–Crippen MR) is 165 cm³/mol. The Hall–Kier alpha value is -4.61. The van der Waals surface area contributed by atoms with Gasteiger partial charge in [0.25, 0.3) is 0 Å². The van der Waals surface area contributed by atoms with E-state index in [2.05, 4.69) is 66.1 Å². The molecule has 40 heavy (non-hydrogen) atoms.